The number of nitrogens with one attached hydrogen (secondary N) is 1. The maximum atomic E-state index is 9.10. The molecule has 0 spiro atoms. The van der Waals surface area contributed by atoms with Gasteiger partial charge < -0.3 is 20.3 Å². The van der Waals surface area contributed by atoms with Crippen molar-refractivity contribution in [3.05, 3.63) is 28.7 Å². The Morgan fingerprint density at radius 1 is 1.14 bits per heavy atom. The first kappa shape index (κ1) is 19.4. The van der Waals surface area contributed by atoms with Crippen LogP contribution in [-0.2, 0) is 9.59 Å². The average Bonchev–Trinajstić information content (AvgIpc) is 2.45. The van der Waals surface area contributed by atoms with Crippen molar-refractivity contribution in [3.63, 3.8) is 0 Å². The fourth-order valence-corrected chi connectivity index (χ4v) is 1.46. The molecule has 0 saturated carbocycles. The van der Waals surface area contributed by atoms with Gasteiger partial charge in [0.1, 0.15) is 12.4 Å². The average molecular weight is 362 g/mol. The number of benzene rings is 1. The number of aliphatic carboxylic acids is 2. The molecule has 0 radical (unpaired) electrons. The van der Waals surface area contributed by atoms with E-state index in [1.165, 1.54) is 12.8 Å². The van der Waals surface area contributed by atoms with E-state index in [2.05, 4.69) is 28.2 Å². The maximum Gasteiger partial charge on any atom is 0.414 e. The Kier molecular flexibility index (Phi) is 11.2. The number of rotatable bonds is 7. The van der Waals surface area contributed by atoms with E-state index in [1.54, 1.807) is 0 Å². The topological polar surface area (TPSA) is 95.9 Å². The van der Waals surface area contributed by atoms with E-state index in [9.17, 15) is 0 Å². The predicted molar refractivity (Wildman–Crippen MR) is 82.7 cm³/mol. The molecule has 1 aromatic rings. The van der Waals surface area contributed by atoms with Gasteiger partial charge in [-0.25, -0.2) is 9.59 Å². The molecular weight excluding hydrogens is 342 g/mol. The number of hydrogen-bond acceptors (Lipinski definition) is 4. The van der Waals surface area contributed by atoms with Gasteiger partial charge in [-0.2, -0.15) is 0 Å². The molecule has 3 N–H and O–H groups in total. The van der Waals surface area contributed by atoms with Crippen molar-refractivity contribution >= 4 is 27.9 Å². The van der Waals surface area contributed by atoms with Crippen LogP contribution in [0.4, 0.5) is 0 Å². The van der Waals surface area contributed by atoms with E-state index in [1.807, 2.05) is 24.3 Å². The van der Waals surface area contributed by atoms with Gasteiger partial charge in [0.05, 0.1) is 0 Å². The summed E-state index contributed by atoms with van der Waals surface area (Å²) in [5.41, 5.74) is 0. The zero-order valence-corrected chi connectivity index (χ0v) is 13.4. The van der Waals surface area contributed by atoms with Crippen LogP contribution in [0, 0.1) is 0 Å². The van der Waals surface area contributed by atoms with Gasteiger partial charge in [0.15, 0.2) is 0 Å². The Bertz CT molecular complexity index is 410. The van der Waals surface area contributed by atoms with E-state index < -0.39 is 11.9 Å². The summed E-state index contributed by atoms with van der Waals surface area (Å²) < 4.78 is 6.64. The molecule has 0 heterocycles. The summed E-state index contributed by atoms with van der Waals surface area (Å²) in [5.74, 6) is -2.72. The lowest BCUT2D eigenvalue weighted by atomic mass is 10.3. The molecule has 0 amide bonds. The second-order valence-corrected chi connectivity index (χ2v) is 4.93. The minimum atomic E-state index is -1.82. The van der Waals surface area contributed by atoms with E-state index in [4.69, 9.17) is 24.5 Å². The molecule has 1 rings (SSSR count). The second-order valence-electron chi connectivity index (χ2n) is 4.02. The Morgan fingerprint density at radius 3 is 2.19 bits per heavy atom. The van der Waals surface area contributed by atoms with E-state index in [0.717, 1.165) is 29.9 Å². The van der Waals surface area contributed by atoms with Crippen LogP contribution >= 0.6 is 15.9 Å². The van der Waals surface area contributed by atoms with Gasteiger partial charge in [0.2, 0.25) is 0 Å². The molecular formula is C14H20BrNO5. The number of halogens is 1. The molecule has 6 nitrogen and oxygen atoms in total. The number of carbonyl (C=O) groups is 2. The first-order valence-corrected chi connectivity index (χ1v) is 7.32. The summed E-state index contributed by atoms with van der Waals surface area (Å²) in [5, 5.41) is 18.1. The number of unbranched alkanes of at least 4 members (excludes halogenated alkanes) is 1. The fraction of sp³-hybridized carbons (Fsp3) is 0.429. The Hall–Kier alpha value is -1.60. The fourth-order valence-electron chi connectivity index (χ4n) is 1.20. The molecule has 0 bridgehead atoms. The number of carboxylic acids is 2. The standard InChI is InChI=1S/C12H18BrNO.C2H2O4/c1-2-3-8-14-9-10-15-12-6-4-11(13)5-7-12;3-1(4)2(5)6/h4-7,14H,2-3,8-10H2,1H3;(H,3,4)(H,5,6). The molecule has 0 fully saturated rings. The van der Waals surface area contributed by atoms with Crippen molar-refractivity contribution in [2.24, 2.45) is 0 Å². The van der Waals surface area contributed by atoms with Crippen LogP contribution < -0.4 is 10.1 Å². The summed E-state index contributed by atoms with van der Waals surface area (Å²) in [6.45, 7) is 4.92. The highest BCUT2D eigenvalue weighted by Crippen LogP contribution is 2.15. The smallest absolute Gasteiger partial charge is 0.414 e. The third-order valence-electron chi connectivity index (χ3n) is 2.25. The van der Waals surface area contributed by atoms with Gasteiger partial charge in [-0.3, -0.25) is 0 Å². The summed E-state index contributed by atoms with van der Waals surface area (Å²) in [6, 6.07) is 7.91. The van der Waals surface area contributed by atoms with Gasteiger partial charge in [-0.1, -0.05) is 29.3 Å². The van der Waals surface area contributed by atoms with Crippen LogP contribution in [0.3, 0.4) is 0 Å². The van der Waals surface area contributed by atoms with E-state index in [-0.39, 0.29) is 0 Å². The monoisotopic (exact) mass is 361 g/mol. The Balaban J connectivity index is 0.000000567. The first-order chi connectivity index (χ1) is 9.97. The number of hydrogen-bond donors (Lipinski definition) is 3. The molecule has 0 aliphatic carbocycles. The molecule has 0 saturated heterocycles. The van der Waals surface area contributed by atoms with Crippen LogP contribution in [0.15, 0.2) is 28.7 Å². The highest BCUT2D eigenvalue weighted by molar-refractivity contribution is 9.10. The van der Waals surface area contributed by atoms with Gasteiger partial charge in [0.25, 0.3) is 0 Å². The largest absolute Gasteiger partial charge is 0.492 e. The van der Waals surface area contributed by atoms with Crippen molar-refractivity contribution in [1.29, 1.82) is 0 Å². The molecule has 0 aromatic heterocycles. The highest BCUT2D eigenvalue weighted by atomic mass is 79.9. The number of ether oxygens (including phenoxy) is 1. The van der Waals surface area contributed by atoms with Crippen molar-refractivity contribution in [2.75, 3.05) is 19.7 Å². The zero-order chi connectivity index (χ0) is 16.1. The van der Waals surface area contributed by atoms with Gasteiger partial charge in [-0.05, 0) is 37.2 Å². The van der Waals surface area contributed by atoms with Crippen molar-refractivity contribution in [2.45, 2.75) is 19.8 Å². The quantitative estimate of drug-likeness (QED) is 0.509. The highest BCUT2D eigenvalue weighted by Gasteiger charge is 2.04. The Morgan fingerprint density at radius 2 is 1.71 bits per heavy atom. The third-order valence-corrected chi connectivity index (χ3v) is 2.78. The molecule has 0 aliphatic rings. The van der Waals surface area contributed by atoms with Gasteiger partial charge in [0, 0.05) is 11.0 Å². The predicted octanol–water partition coefficient (Wildman–Crippen LogP) is 2.37. The summed E-state index contributed by atoms with van der Waals surface area (Å²) in [4.78, 5) is 18.2. The lowest BCUT2D eigenvalue weighted by Crippen LogP contribution is -2.21. The van der Waals surface area contributed by atoms with E-state index in [0.29, 0.717) is 0 Å². The van der Waals surface area contributed by atoms with Crippen molar-refractivity contribution in [1.82, 2.24) is 5.32 Å². The summed E-state index contributed by atoms with van der Waals surface area (Å²) >= 11 is 3.39. The van der Waals surface area contributed by atoms with E-state index >= 15 is 0 Å². The van der Waals surface area contributed by atoms with Crippen LogP contribution in [0.1, 0.15) is 19.8 Å². The van der Waals surface area contributed by atoms with Crippen molar-refractivity contribution in [3.8, 4) is 5.75 Å². The number of carboxylic acid groups (broad SMARTS) is 2. The molecule has 21 heavy (non-hydrogen) atoms. The molecule has 7 heteroatoms. The zero-order valence-electron chi connectivity index (χ0n) is 11.8. The second kappa shape index (κ2) is 12.2. The van der Waals surface area contributed by atoms with Crippen LogP contribution in [0.25, 0.3) is 0 Å². The maximum absolute atomic E-state index is 9.10. The molecule has 0 unspecified atom stereocenters. The van der Waals surface area contributed by atoms with Crippen molar-refractivity contribution < 1.29 is 24.5 Å². The normalized spacial score (nSPS) is 9.43. The lowest BCUT2D eigenvalue weighted by molar-refractivity contribution is -0.159. The molecule has 1 aromatic carbocycles. The molecule has 0 aliphatic heterocycles. The minimum absolute atomic E-state index is 0.728. The summed E-state index contributed by atoms with van der Waals surface area (Å²) in [6.07, 6.45) is 2.47. The van der Waals surface area contributed by atoms with Gasteiger partial charge in [-0.15, -0.1) is 0 Å². The molecule has 0 atom stereocenters. The lowest BCUT2D eigenvalue weighted by Gasteiger charge is -2.07. The van der Waals surface area contributed by atoms with Gasteiger partial charge >= 0.3 is 11.9 Å². The minimum Gasteiger partial charge on any atom is -0.492 e. The third kappa shape index (κ3) is 11.9. The Labute approximate surface area is 132 Å². The summed E-state index contributed by atoms with van der Waals surface area (Å²) in [7, 11) is 0. The first-order valence-electron chi connectivity index (χ1n) is 6.52. The van der Waals surface area contributed by atoms with Crippen LogP contribution in [-0.4, -0.2) is 41.8 Å². The van der Waals surface area contributed by atoms with Crippen LogP contribution in [0.5, 0.6) is 5.75 Å². The molecule has 118 valence electrons. The van der Waals surface area contributed by atoms with Crippen LogP contribution in [0.2, 0.25) is 0 Å². The SMILES string of the molecule is CCCCNCCOc1ccc(Br)cc1.O=C(O)C(=O)O.